The lowest BCUT2D eigenvalue weighted by Gasteiger charge is -2.20. The second kappa shape index (κ2) is 9.50. The van der Waals surface area contributed by atoms with Gasteiger partial charge < -0.3 is 9.64 Å². The molecule has 122 valence electrons. The quantitative estimate of drug-likeness (QED) is 0.706. The van der Waals surface area contributed by atoms with Crippen molar-refractivity contribution in [1.82, 2.24) is 4.90 Å². The van der Waals surface area contributed by atoms with Gasteiger partial charge in [0.25, 0.3) is 0 Å². The van der Waals surface area contributed by atoms with Crippen LogP contribution in [0, 0.1) is 0 Å². The third-order valence-corrected chi connectivity index (χ3v) is 4.22. The lowest BCUT2D eigenvalue weighted by molar-refractivity contribution is -0.131. The van der Waals surface area contributed by atoms with E-state index in [2.05, 4.69) is 19.1 Å². The second-order valence-corrected chi connectivity index (χ2v) is 6.14. The van der Waals surface area contributed by atoms with Crippen LogP contribution in [0.1, 0.15) is 57.4 Å². The standard InChI is InChI=1S/C19H29NO2/c1-2-8-17-10-12-18(13-11-17)22-16-7-9-19(21)20-14-5-3-4-6-15-20/h10-13H,2-9,14-16H2,1H3. The molecular weight excluding hydrogens is 274 g/mol. The molecule has 0 saturated carbocycles. The monoisotopic (exact) mass is 303 g/mol. The fourth-order valence-electron chi connectivity index (χ4n) is 2.93. The summed E-state index contributed by atoms with van der Waals surface area (Å²) in [5.74, 6) is 1.20. The van der Waals surface area contributed by atoms with Gasteiger partial charge >= 0.3 is 0 Å². The molecule has 1 heterocycles. The largest absolute Gasteiger partial charge is 0.494 e. The van der Waals surface area contributed by atoms with Crippen LogP contribution in [0.5, 0.6) is 5.75 Å². The molecule has 0 N–H and O–H groups in total. The molecule has 3 nitrogen and oxygen atoms in total. The van der Waals surface area contributed by atoms with Crippen molar-refractivity contribution < 1.29 is 9.53 Å². The highest BCUT2D eigenvalue weighted by Crippen LogP contribution is 2.15. The first-order valence-corrected chi connectivity index (χ1v) is 8.79. The van der Waals surface area contributed by atoms with Crippen LogP contribution in [0.3, 0.4) is 0 Å². The average molecular weight is 303 g/mol. The molecule has 1 amide bonds. The van der Waals surface area contributed by atoms with E-state index >= 15 is 0 Å². The van der Waals surface area contributed by atoms with E-state index in [0.29, 0.717) is 18.9 Å². The molecule has 3 heteroatoms. The number of hydrogen-bond donors (Lipinski definition) is 0. The summed E-state index contributed by atoms with van der Waals surface area (Å²) in [7, 11) is 0. The Kier molecular flexibility index (Phi) is 7.27. The van der Waals surface area contributed by atoms with Gasteiger partial charge in [0.2, 0.25) is 5.91 Å². The van der Waals surface area contributed by atoms with E-state index in [-0.39, 0.29) is 0 Å². The smallest absolute Gasteiger partial charge is 0.222 e. The van der Waals surface area contributed by atoms with Crippen molar-refractivity contribution in [3.63, 3.8) is 0 Å². The maximum absolute atomic E-state index is 12.1. The number of carbonyl (C=O) groups excluding carboxylic acids is 1. The third kappa shape index (κ3) is 5.70. The Morgan fingerprint density at radius 2 is 1.77 bits per heavy atom. The summed E-state index contributed by atoms with van der Waals surface area (Å²) < 4.78 is 5.73. The molecule has 1 fully saturated rings. The zero-order chi connectivity index (χ0) is 15.6. The molecule has 1 aliphatic rings. The molecule has 0 atom stereocenters. The van der Waals surface area contributed by atoms with E-state index in [1.165, 1.54) is 24.8 Å². The number of rotatable bonds is 7. The van der Waals surface area contributed by atoms with Gasteiger partial charge in [-0.15, -0.1) is 0 Å². The Bertz CT molecular complexity index is 433. The lowest BCUT2D eigenvalue weighted by atomic mass is 10.1. The number of hydrogen-bond acceptors (Lipinski definition) is 2. The summed E-state index contributed by atoms with van der Waals surface area (Å²) in [5.41, 5.74) is 1.35. The van der Waals surface area contributed by atoms with Crippen LogP contribution < -0.4 is 4.74 Å². The van der Waals surface area contributed by atoms with Crippen LogP contribution in [-0.4, -0.2) is 30.5 Å². The molecule has 0 bridgehead atoms. The molecule has 1 aliphatic heterocycles. The highest BCUT2D eigenvalue weighted by Gasteiger charge is 2.14. The van der Waals surface area contributed by atoms with Crippen molar-refractivity contribution in [2.45, 2.75) is 58.3 Å². The summed E-state index contributed by atoms with van der Waals surface area (Å²) in [6.45, 7) is 4.69. The number of carbonyl (C=O) groups is 1. The Morgan fingerprint density at radius 3 is 2.41 bits per heavy atom. The van der Waals surface area contributed by atoms with E-state index in [4.69, 9.17) is 4.74 Å². The topological polar surface area (TPSA) is 29.5 Å². The average Bonchev–Trinajstić information content (AvgIpc) is 2.82. The van der Waals surface area contributed by atoms with E-state index in [9.17, 15) is 4.79 Å². The summed E-state index contributed by atoms with van der Waals surface area (Å²) in [6.07, 6.45) is 8.53. The first-order valence-electron chi connectivity index (χ1n) is 8.79. The molecule has 2 rings (SSSR count). The van der Waals surface area contributed by atoms with Gasteiger partial charge in [0, 0.05) is 19.5 Å². The maximum atomic E-state index is 12.1. The Labute approximate surface area is 134 Å². The van der Waals surface area contributed by atoms with E-state index in [1.54, 1.807) is 0 Å². The van der Waals surface area contributed by atoms with Crippen molar-refractivity contribution in [3.05, 3.63) is 29.8 Å². The third-order valence-electron chi connectivity index (χ3n) is 4.22. The van der Waals surface area contributed by atoms with Gasteiger partial charge in [-0.05, 0) is 43.4 Å². The normalized spacial score (nSPS) is 15.4. The first kappa shape index (κ1) is 16.9. The molecule has 0 aromatic heterocycles. The van der Waals surface area contributed by atoms with Crippen LogP contribution in [0.15, 0.2) is 24.3 Å². The van der Waals surface area contributed by atoms with Gasteiger partial charge in [0.15, 0.2) is 0 Å². The predicted molar refractivity (Wildman–Crippen MR) is 90.2 cm³/mol. The van der Waals surface area contributed by atoms with Crippen molar-refractivity contribution in [2.75, 3.05) is 19.7 Å². The second-order valence-electron chi connectivity index (χ2n) is 6.14. The molecule has 0 spiro atoms. The van der Waals surface area contributed by atoms with Gasteiger partial charge in [-0.3, -0.25) is 4.79 Å². The molecule has 0 unspecified atom stereocenters. The van der Waals surface area contributed by atoms with Gasteiger partial charge in [-0.1, -0.05) is 38.3 Å². The first-order chi connectivity index (χ1) is 10.8. The summed E-state index contributed by atoms with van der Waals surface area (Å²) in [4.78, 5) is 14.2. The minimum absolute atomic E-state index is 0.295. The fraction of sp³-hybridized carbons (Fsp3) is 0.632. The van der Waals surface area contributed by atoms with Crippen LogP contribution in [0.4, 0.5) is 0 Å². The van der Waals surface area contributed by atoms with E-state index in [1.807, 2.05) is 17.0 Å². The Morgan fingerprint density at radius 1 is 1.09 bits per heavy atom. The maximum Gasteiger partial charge on any atom is 0.222 e. The Hall–Kier alpha value is -1.51. The highest BCUT2D eigenvalue weighted by molar-refractivity contribution is 5.76. The summed E-state index contributed by atoms with van der Waals surface area (Å²) >= 11 is 0. The number of amides is 1. The number of nitrogens with zero attached hydrogens (tertiary/aromatic N) is 1. The zero-order valence-electron chi connectivity index (χ0n) is 13.9. The van der Waals surface area contributed by atoms with Gasteiger partial charge in [-0.2, -0.15) is 0 Å². The Balaban J connectivity index is 1.64. The number of benzene rings is 1. The van der Waals surface area contributed by atoms with Crippen molar-refractivity contribution >= 4 is 5.91 Å². The van der Waals surface area contributed by atoms with Crippen molar-refractivity contribution in [2.24, 2.45) is 0 Å². The summed E-state index contributed by atoms with van der Waals surface area (Å²) in [6, 6.07) is 8.31. The highest BCUT2D eigenvalue weighted by atomic mass is 16.5. The molecular formula is C19H29NO2. The van der Waals surface area contributed by atoms with Gasteiger partial charge in [0.1, 0.15) is 5.75 Å². The molecule has 1 aromatic rings. The van der Waals surface area contributed by atoms with Crippen LogP contribution in [0.2, 0.25) is 0 Å². The van der Waals surface area contributed by atoms with Crippen molar-refractivity contribution in [3.8, 4) is 5.75 Å². The molecule has 22 heavy (non-hydrogen) atoms. The minimum Gasteiger partial charge on any atom is -0.494 e. The van der Waals surface area contributed by atoms with Crippen molar-refractivity contribution in [1.29, 1.82) is 0 Å². The molecule has 1 saturated heterocycles. The molecule has 1 aromatic carbocycles. The van der Waals surface area contributed by atoms with Gasteiger partial charge in [-0.25, -0.2) is 0 Å². The fourth-order valence-corrected chi connectivity index (χ4v) is 2.93. The van der Waals surface area contributed by atoms with Gasteiger partial charge in [0.05, 0.1) is 6.61 Å². The lowest BCUT2D eigenvalue weighted by Crippen LogP contribution is -2.31. The zero-order valence-corrected chi connectivity index (χ0v) is 13.9. The molecule has 0 radical (unpaired) electrons. The van der Waals surface area contributed by atoms with E-state index in [0.717, 1.165) is 44.5 Å². The predicted octanol–water partition coefficient (Wildman–Crippen LogP) is 4.20. The molecule has 0 aliphatic carbocycles. The number of ether oxygens (including phenoxy) is 1. The number of aryl methyl sites for hydroxylation is 1. The minimum atomic E-state index is 0.295. The SMILES string of the molecule is CCCc1ccc(OCCCC(=O)N2CCCCCC2)cc1. The van der Waals surface area contributed by atoms with Crippen LogP contribution in [0.25, 0.3) is 0 Å². The number of likely N-dealkylation sites (tertiary alicyclic amines) is 1. The van der Waals surface area contributed by atoms with Crippen LogP contribution >= 0.6 is 0 Å². The van der Waals surface area contributed by atoms with E-state index < -0.39 is 0 Å². The summed E-state index contributed by atoms with van der Waals surface area (Å²) in [5, 5.41) is 0. The van der Waals surface area contributed by atoms with Crippen LogP contribution in [-0.2, 0) is 11.2 Å².